The van der Waals surface area contributed by atoms with Gasteiger partial charge in [0.25, 0.3) is 0 Å². The standard InChI is InChI=1S/C13H17N3/c1-13(2,3)9-4-8-5-12(15)16-7-10(8)11(14)6-9/h4-7H,14H2,1-3H3,(H2,15,16). The number of nitrogens with two attached hydrogens (primary N) is 2. The number of anilines is 2. The number of fused-ring (bicyclic) bond motifs is 1. The first kappa shape index (κ1) is 10.7. The molecule has 0 aliphatic heterocycles. The van der Waals surface area contributed by atoms with Crippen LogP contribution >= 0.6 is 0 Å². The molecule has 0 fully saturated rings. The summed E-state index contributed by atoms with van der Waals surface area (Å²) in [5.41, 5.74) is 13.8. The fraction of sp³-hybridized carbons (Fsp3) is 0.308. The van der Waals surface area contributed by atoms with Gasteiger partial charge in [0.05, 0.1) is 0 Å². The quantitative estimate of drug-likeness (QED) is 0.664. The fourth-order valence-electron chi connectivity index (χ4n) is 1.74. The molecule has 0 aliphatic carbocycles. The fourth-order valence-corrected chi connectivity index (χ4v) is 1.74. The number of nitrogen functional groups attached to an aromatic ring is 2. The zero-order valence-electron chi connectivity index (χ0n) is 9.91. The molecule has 0 atom stereocenters. The molecule has 0 saturated heterocycles. The predicted octanol–water partition coefficient (Wildman–Crippen LogP) is 2.70. The molecule has 3 nitrogen and oxygen atoms in total. The van der Waals surface area contributed by atoms with E-state index in [1.54, 1.807) is 6.20 Å². The summed E-state index contributed by atoms with van der Waals surface area (Å²) < 4.78 is 0. The Morgan fingerprint density at radius 2 is 1.75 bits per heavy atom. The van der Waals surface area contributed by atoms with Crippen molar-refractivity contribution in [3.63, 3.8) is 0 Å². The van der Waals surface area contributed by atoms with Gasteiger partial charge in [0, 0.05) is 17.3 Å². The highest BCUT2D eigenvalue weighted by Gasteiger charge is 2.15. The first-order valence-corrected chi connectivity index (χ1v) is 5.33. The number of benzene rings is 1. The van der Waals surface area contributed by atoms with Crippen LogP contribution in [0.25, 0.3) is 10.8 Å². The van der Waals surface area contributed by atoms with Crippen molar-refractivity contribution in [3.05, 3.63) is 30.0 Å². The molecule has 1 aromatic carbocycles. The SMILES string of the molecule is CC(C)(C)c1cc(N)c2cnc(N)cc2c1. The van der Waals surface area contributed by atoms with Crippen molar-refractivity contribution in [2.45, 2.75) is 26.2 Å². The second-order valence-electron chi connectivity index (χ2n) is 5.15. The highest BCUT2D eigenvalue weighted by molar-refractivity contribution is 5.94. The maximum Gasteiger partial charge on any atom is 0.123 e. The van der Waals surface area contributed by atoms with E-state index in [2.05, 4.69) is 31.8 Å². The Balaban J connectivity index is 2.75. The lowest BCUT2D eigenvalue weighted by Crippen LogP contribution is -2.11. The molecule has 1 aromatic heterocycles. The smallest absolute Gasteiger partial charge is 0.123 e. The van der Waals surface area contributed by atoms with Crippen molar-refractivity contribution < 1.29 is 0 Å². The van der Waals surface area contributed by atoms with Crippen molar-refractivity contribution in [1.29, 1.82) is 0 Å². The van der Waals surface area contributed by atoms with Crippen molar-refractivity contribution in [2.24, 2.45) is 0 Å². The monoisotopic (exact) mass is 215 g/mol. The molecular weight excluding hydrogens is 198 g/mol. The van der Waals surface area contributed by atoms with Crippen molar-refractivity contribution >= 4 is 22.3 Å². The third-order valence-corrected chi connectivity index (χ3v) is 2.76. The van der Waals surface area contributed by atoms with Gasteiger partial charge in [-0.25, -0.2) is 4.98 Å². The summed E-state index contributed by atoms with van der Waals surface area (Å²) in [6.07, 6.45) is 1.73. The van der Waals surface area contributed by atoms with E-state index in [9.17, 15) is 0 Å². The largest absolute Gasteiger partial charge is 0.398 e. The van der Waals surface area contributed by atoms with Gasteiger partial charge >= 0.3 is 0 Å². The van der Waals surface area contributed by atoms with Crippen LogP contribution in [-0.4, -0.2) is 4.98 Å². The minimum Gasteiger partial charge on any atom is -0.398 e. The molecule has 84 valence electrons. The highest BCUT2D eigenvalue weighted by atomic mass is 14.8. The second-order valence-corrected chi connectivity index (χ2v) is 5.15. The molecule has 4 N–H and O–H groups in total. The van der Waals surface area contributed by atoms with Gasteiger partial charge in [0.1, 0.15) is 5.82 Å². The molecule has 0 amide bonds. The maximum atomic E-state index is 6.02. The maximum absolute atomic E-state index is 6.02. The summed E-state index contributed by atoms with van der Waals surface area (Å²) in [5.74, 6) is 0.526. The van der Waals surface area contributed by atoms with Gasteiger partial charge in [-0.15, -0.1) is 0 Å². The van der Waals surface area contributed by atoms with E-state index in [4.69, 9.17) is 11.5 Å². The van der Waals surface area contributed by atoms with Crippen LogP contribution in [0.3, 0.4) is 0 Å². The predicted molar refractivity (Wildman–Crippen MR) is 69.3 cm³/mol. The first-order chi connectivity index (χ1) is 7.38. The number of pyridine rings is 1. The first-order valence-electron chi connectivity index (χ1n) is 5.33. The van der Waals surface area contributed by atoms with Crippen molar-refractivity contribution in [3.8, 4) is 0 Å². The zero-order valence-corrected chi connectivity index (χ0v) is 9.91. The molecule has 0 unspecified atom stereocenters. The van der Waals surface area contributed by atoms with E-state index in [0.717, 1.165) is 16.5 Å². The summed E-state index contributed by atoms with van der Waals surface area (Å²) in [6.45, 7) is 6.49. The number of hydrogen-bond donors (Lipinski definition) is 2. The second kappa shape index (κ2) is 3.37. The summed E-state index contributed by atoms with van der Waals surface area (Å²) in [4.78, 5) is 4.06. The Morgan fingerprint density at radius 3 is 2.38 bits per heavy atom. The summed E-state index contributed by atoms with van der Waals surface area (Å²) in [6, 6.07) is 6.00. The molecule has 0 radical (unpaired) electrons. The minimum absolute atomic E-state index is 0.0837. The van der Waals surface area contributed by atoms with E-state index < -0.39 is 0 Å². The molecule has 2 aromatic rings. The topological polar surface area (TPSA) is 64.9 Å². The molecule has 0 saturated carbocycles. The Hall–Kier alpha value is -1.77. The Morgan fingerprint density at radius 1 is 1.06 bits per heavy atom. The normalized spacial score (nSPS) is 11.9. The highest BCUT2D eigenvalue weighted by Crippen LogP contribution is 2.30. The lowest BCUT2D eigenvalue weighted by Gasteiger charge is -2.20. The number of hydrogen-bond acceptors (Lipinski definition) is 3. The van der Waals surface area contributed by atoms with Crippen LogP contribution in [0, 0.1) is 0 Å². The van der Waals surface area contributed by atoms with E-state index in [-0.39, 0.29) is 5.41 Å². The van der Waals surface area contributed by atoms with Crippen molar-refractivity contribution in [2.75, 3.05) is 11.5 Å². The molecule has 2 rings (SSSR count). The van der Waals surface area contributed by atoms with Crippen LogP contribution in [0.4, 0.5) is 11.5 Å². The molecule has 0 spiro atoms. The summed E-state index contributed by atoms with van der Waals surface area (Å²) in [5, 5.41) is 2.01. The summed E-state index contributed by atoms with van der Waals surface area (Å²) >= 11 is 0. The average Bonchev–Trinajstić information content (AvgIpc) is 2.15. The van der Waals surface area contributed by atoms with Gasteiger partial charge in [-0.05, 0) is 28.5 Å². The van der Waals surface area contributed by atoms with Gasteiger partial charge in [-0.1, -0.05) is 26.8 Å². The average molecular weight is 215 g/mol. The molecule has 0 bridgehead atoms. The molecule has 1 heterocycles. The Kier molecular flexibility index (Phi) is 2.26. The summed E-state index contributed by atoms with van der Waals surface area (Å²) in [7, 11) is 0. The van der Waals surface area contributed by atoms with E-state index in [1.165, 1.54) is 5.56 Å². The number of nitrogens with zero attached hydrogens (tertiary/aromatic N) is 1. The lowest BCUT2D eigenvalue weighted by atomic mass is 9.85. The van der Waals surface area contributed by atoms with Crippen LogP contribution in [0.1, 0.15) is 26.3 Å². The molecule has 3 heteroatoms. The Labute approximate surface area is 95.5 Å². The molecular formula is C13H17N3. The Bertz CT molecular complexity index is 539. The van der Waals surface area contributed by atoms with Crippen LogP contribution in [0.5, 0.6) is 0 Å². The zero-order chi connectivity index (χ0) is 11.9. The van der Waals surface area contributed by atoms with Gasteiger partial charge in [0.15, 0.2) is 0 Å². The van der Waals surface area contributed by atoms with Crippen LogP contribution in [-0.2, 0) is 5.41 Å². The molecule has 16 heavy (non-hydrogen) atoms. The van der Waals surface area contributed by atoms with Gasteiger partial charge in [-0.2, -0.15) is 0 Å². The number of rotatable bonds is 0. The third-order valence-electron chi connectivity index (χ3n) is 2.76. The van der Waals surface area contributed by atoms with E-state index in [1.807, 2.05) is 12.1 Å². The van der Waals surface area contributed by atoms with Gasteiger partial charge in [-0.3, -0.25) is 0 Å². The van der Waals surface area contributed by atoms with Gasteiger partial charge < -0.3 is 11.5 Å². The molecule has 0 aliphatic rings. The lowest BCUT2D eigenvalue weighted by molar-refractivity contribution is 0.591. The van der Waals surface area contributed by atoms with E-state index >= 15 is 0 Å². The van der Waals surface area contributed by atoms with E-state index in [0.29, 0.717) is 5.82 Å². The minimum atomic E-state index is 0.0837. The van der Waals surface area contributed by atoms with Crippen LogP contribution in [0.2, 0.25) is 0 Å². The van der Waals surface area contributed by atoms with Crippen LogP contribution in [0.15, 0.2) is 24.4 Å². The van der Waals surface area contributed by atoms with Crippen LogP contribution < -0.4 is 11.5 Å². The third kappa shape index (κ3) is 1.81. The van der Waals surface area contributed by atoms with Crippen molar-refractivity contribution in [1.82, 2.24) is 4.98 Å². The number of aromatic nitrogens is 1. The van der Waals surface area contributed by atoms with Gasteiger partial charge in [0.2, 0.25) is 0 Å².